The number of benzene rings is 1. The zero-order valence-electron chi connectivity index (χ0n) is 14.1. The lowest BCUT2D eigenvalue weighted by atomic mass is 10.2. The van der Waals surface area contributed by atoms with Crippen LogP contribution in [0.15, 0.2) is 48.8 Å². The van der Waals surface area contributed by atoms with E-state index in [2.05, 4.69) is 4.98 Å². The minimum Gasteiger partial charge on any atom is -0.336 e. The first-order chi connectivity index (χ1) is 12.0. The zero-order valence-corrected chi connectivity index (χ0v) is 14.9. The van der Waals surface area contributed by atoms with Gasteiger partial charge in [-0.3, -0.25) is 9.78 Å². The van der Waals surface area contributed by atoms with E-state index in [9.17, 15) is 13.2 Å². The molecule has 1 aliphatic heterocycles. The van der Waals surface area contributed by atoms with E-state index in [0.717, 1.165) is 11.1 Å². The van der Waals surface area contributed by atoms with Crippen molar-refractivity contribution in [2.24, 2.45) is 0 Å². The standard InChI is InChI=1S/C18H21N3O3S/c1-15-4-6-16(7-5-15)14-25(23,24)21-11-9-20(10-12-21)18(22)17-3-2-8-19-13-17/h2-8,13H,9-12,14H2,1H3. The number of amides is 1. The van der Waals surface area contributed by atoms with Gasteiger partial charge in [-0.2, -0.15) is 4.31 Å². The number of pyridine rings is 1. The van der Waals surface area contributed by atoms with Gasteiger partial charge in [0.1, 0.15) is 0 Å². The molecule has 1 aromatic heterocycles. The second kappa shape index (κ2) is 7.33. The molecule has 0 saturated carbocycles. The van der Waals surface area contributed by atoms with Gasteiger partial charge in [0.2, 0.25) is 10.0 Å². The molecule has 0 aliphatic carbocycles. The minimum atomic E-state index is -3.38. The fourth-order valence-corrected chi connectivity index (χ4v) is 4.34. The Hall–Kier alpha value is -2.25. The Morgan fingerprint density at radius 1 is 1.08 bits per heavy atom. The summed E-state index contributed by atoms with van der Waals surface area (Å²) >= 11 is 0. The maximum atomic E-state index is 12.6. The van der Waals surface area contributed by atoms with Crippen LogP contribution in [0.1, 0.15) is 21.5 Å². The summed E-state index contributed by atoms with van der Waals surface area (Å²) in [5.41, 5.74) is 2.40. The van der Waals surface area contributed by atoms with Crippen molar-refractivity contribution in [3.05, 3.63) is 65.5 Å². The van der Waals surface area contributed by atoms with Crippen LogP contribution in [0.5, 0.6) is 0 Å². The molecule has 0 atom stereocenters. The summed E-state index contributed by atoms with van der Waals surface area (Å²) in [7, 11) is -3.38. The number of carbonyl (C=O) groups excluding carboxylic acids is 1. The fourth-order valence-electron chi connectivity index (χ4n) is 2.83. The summed E-state index contributed by atoms with van der Waals surface area (Å²) in [4.78, 5) is 18.0. The smallest absolute Gasteiger partial charge is 0.255 e. The summed E-state index contributed by atoms with van der Waals surface area (Å²) in [6, 6.07) is 10.9. The van der Waals surface area contributed by atoms with E-state index in [0.29, 0.717) is 31.7 Å². The molecule has 1 fully saturated rings. The van der Waals surface area contributed by atoms with Gasteiger partial charge < -0.3 is 4.90 Å². The number of carbonyl (C=O) groups is 1. The van der Waals surface area contributed by atoms with Crippen molar-refractivity contribution in [2.75, 3.05) is 26.2 Å². The number of aromatic nitrogens is 1. The van der Waals surface area contributed by atoms with Gasteiger partial charge in [0.05, 0.1) is 11.3 Å². The maximum Gasteiger partial charge on any atom is 0.255 e. The molecule has 2 aromatic rings. The van der Waals surface area contributed by atoms with Gasteiger partial charge in [0, 0.05) is 38.6 Å². The second-order valence-corrected chi connectivity index (χ2v) is 8.14. The third-order valence-electron chi connectivity index (χ3n) is 4.30. The van der Waals surface area contributed by atoms with Crippen LogP contribution in [0, 0.1) is 6.92 Å². The number of hydrogen-bond donors (Lipinski definition) is 0. The van der Waals surface area contributed by atoms with Gasteiger partial charge in [0.15, 0.2) is 0 Å². The van der Waals surface area contributed by atoms with Crippen LogP contribution in [0.3, 0.4) is 0 Å². The lowest BCUT2D eigenvalue weighted by molar-refractivity contribution is 0.0697. The molecule has 0 unspecified atom stereocenters. The average Bonchev–Trinajstić information content (AvgIpc) is 2.64. The van der Waals surface area contributed by atoms with Crippen molar-refractivity contribution >= 4 is 15.9 Å². The molecule has 1 saturated heterocycles. The molecule has 0 N–H and O–H groups in total. The van der Waals surface area contributed by atoms with Crippen LogP contribution in [-0.4, -0.2) is 54.7 Å². The van der Waals surface area contributed by atoms with E-state index >= 15 is 0 Å². The van der Waals surface area contributed by atoms with Crippen LogP contribution in [0.25, 0.3) is 0 Å². The van der Waals surface area contributed by atoms with Crippen molar-refractivity contribution in [3.8, 4) is 0 Å². The highest BCUT2D eigenvalue weighted by molar-refractivity contribution is 7.88. The van der Waals surface area contributed by atoms with Crippen LogP contribution >= 0.6 is 0 Å². The quantitative estimate of drug-likeness (QED) is 0.833. The largest absolute Gasteiger partial charge is 0.336 e. The summed E-state index contributed by atoms with van der Waals surface area (Å²) in [6.45, 7) is 3.39. The van der Waals surface area contributed by atoms with Crippen LogP contribution < -0.4 is 0 Å². The first-order valence-corrected chi connectivity index (χ1v) is 9.79. The Morgan fingerprint density at radius 3 is 2.36 bits per heavy atom. The Morgan fingerprint density at radius 2 is 1.76 bits per heavy atom. The highest BCUT2D eigenvalue weighted by atomic mass is 32.2. The summed E-state index contributed by atoms with van der Waals surface area (Å²) in [5, 5.41) is 0. The topological polar surface area (TPSA) is 70.6 Å². The Balaban J connectivity index is 1.61. The Labute approximate surface area is 148 Å². The molecule has 1 aliphatic rings. The monoisotopic (exact) mass is 359 g/mol. The lowest BCUT2D eigenvalue weighted by Gasteiger charge is -2.34. The number of sulfonamides is 1. The van der Waals surface area contributed by atoms with Crippen LogP contribution in [0.4, 0.5) is 0 Å². The second-order valence-electron chi connectivity index (χ2n) is 6.17. The first kappa shape index (κ1) is 17.6. The molecule has 2 heterocycles. The molecule has 0 bridgehead atoms. The molecular weight excluding hydrogens is 338 g/mol. The normalized spacial score (nSPS) is 16.0. The molecule has 7 heteroatoms. The highest BCUT2D eigenvalue weighted by Gasteiger charge is 2.29. The minimum absolute atomic E-state index is 0.0101. The summed E-state index contributed by atoms with van der Waals surface area (Å²) < 4.78 is 26.7. The Bertz CT molecular complexity index is 828. The maximum absolute atomic E-state index is 12.6. The number of piperazine rings is 1. The highest BCUT2D eigenvalue weighted by Crippen LogP contribution is 2.15. The molecule has 1 aromatic carbocycles. The third-order valence-corrected chi connectivity index (χ3v) is 6.15. The molecule has 0 spiro atoms. The van der Waals surface area contributed by atoms with Crippen molar-refractivity contribution in [2.45, 2.75) is 12.7 Å². The molecular formula is C18H21N3O3S. The predicted molar refractivity (Wildman–Crippen MR) is 95.5 cm³/mol. The number of aryl methyl sites for hydroxylation is 1. The lowest BCUT2D eigenvalue weighted by Crippen LogP contribution is -2.50. The molecule has 6 nitrogen and oxygen atoms in total. The van der Waals surface area contributed by atoms with Crippen LogP contribution in [-0.2, 0) is 15.8 Å². The predicted octanol–water partition coefficient (Wildman–Crippen LogP) is 1.68. The number of rotatable bonds is 4. The fraction of sp³-hybridized carbons (Fsp3) is 0.333. The number of hydrogen-bond acceptors (Lipinski definition) is 4. The van der Waals surface area contributed by atoms with Gasteiger partial charge in [-0.25, -0.2) is 8.42 Å². The van der Waals surface area contributed by atoms with E-state index in [-0.39, 0.29) is 11.7 Å². The van der Waals surface area contributed by atoms with Crippen LogP contribution in [0.2, 0.25) is 0 Å². The van der Waals surface area contributed by atoms with Gasteiger partial charge in [-0.15, -0.1) is 0 Å². The molecule has 1 amide bonds. The van der Waals surface area contributed by atoms with Crippen molar-refractivity contribution < 1.29 is 13.2 Å². The van der Waals surface area contributed by atoms with E-state index in [1.165, 1.54) is 10.5 Å². The first-order valence-electron chi connectivity index (χ1n) is 8.18. The van der Waals surface area contributed by atoms with Gasteiger partial charge in [-0.05, 0) is 24.6 Å². The van der Waals surface area contributed by atoms with E-state index < -0.39 is 10.0 Å². The molecule has 132 valence electrons. The van der Waals surface area contributed by atoms with Gasteiger partial charge in [0.25, 0.3) is 5.91 Å². The average molecular weight is 359 g/mol. The van der Waals surface area contributed by atoms with Crippen molar-refractivity contribution in [1.29, 1.82) is 0 Å². The molecule has 0 radical (unpaired) electrons. The molecule has 3 rings (SSSR count). The van der Waals surface area contributed by atoms with Crippen molar-refractivity contribution in [1.82, 2.24) is 14.2 Å². The third kappa shape index (κ3) is 4.24. The summed E-state index contributed by atoms with van der Waals surface area (Å²) in [6.07, 6.45) is 3.15. The Kier molecular flexibility index (Phi) is 5.15. The number of nitrogens with zero attached hydrogens (tertiary/aromatic N) is 3. The van der Waals surface area contributed by atoms with E-state index in [1.807, 2.05) is 31.2 Å². The SMILES string of the molecule is Cc1ccc(CS(=O)(=O)N2CCN(C(=O)c3cccnc3)CC2)cc1. The van der Waals surface area contributed by atoms with Gasteiger partial charge in [-0.1, -0.05) is 29.8 Å². The van der Waals surface area contributed by atoms with Gasteiger partial charge >= 0.3 is 0 Å². The van der Waals surface area contributed by atoms with E-state index in [1.54, 1.807) is 23.2 Å². The van der Waals surface area contributed by atoms with E-state index in [4.69, 9.17) is 0 Å². The molecule has 25 heavy (non-hydrogen) atoms. The summed E-state index contributed by atoms with van der Waals surface area (Å²) in [5.74, 6) is -0.118. The zero-order chi connectivity index (χ0) is 17.9. The van der Waals surface area contributed by atoms with Crippen molar-refractivity contribution in [3.63, 3.8) is 0 Å².